The van der Waals surface area contributed by atoms with Crippen molar-refractivity contribution in [2.75, 3.05) is 0 Å². The maximum absolute atomic E-state index is 12.9. The van der Waals surface area contributed by atoms with E-state index in [1.54, 1.807) is 0 Å². The van der Waals surface area contributed by atoms with Gasteiger partial charge in [0, 0.05) is 0 Å². The smallest absolute Gasteiger partial charge is 0.339 e. The molecule has 4 nitrogen and oxygen atoms in total. The van der Waals surface area contributed by atoms with Crippen LogP contribution >= 0.6 is 11.6 Å². The summed E-state index contributed by atoms with van der Waals surface area (Å²) in [5.41, 5.74) is 0.180. The summed E-state index contributed by atoms with van der Waals surface area (Å²) >= 11 is 5.70. The number of hydrogen-bond donors (Lipinski definition) is 0. The SMILES string of the molecule is N#Cc1cccc(S(=O)(=O)Oc2ccc(F)cc2Cl)c1. The van der Waals surface area contributed by atoms with Gasteiger partial charge in [-0.15, -0.1) is 0 Å². The number of halogens is 2. The van der Waals surface area contributed by atoms with E-state index in [4.69, 9.17) is 21.0 Å². The van der Waals surface area contributed by atoms with E-state index in [1.807, 2.05) is 6.07 Å². The molecule has 0 aliphatic rings. The highest BCUT2D eigenvalue weighted by Gasteiger charge is 2.19. The van der Waals surface area contributed by atoms with Crippen molar-refractivity contribution in [1.29, 1.82) is 5.26 Å². The predicted molar refractivity (Wildman–Crippen MR) is 70.4 cm³/mol. The molecular formula is C13H7ClFNO3S. The van der Waals surface area contributed by atoms with Crippen molar-refractivity contribution in [3.63, 3.8) is 0 Å². The molecule has 0 N–H and O–H groups in total. The van der Waals surface area contributed by atoms with Crippen LogP contribution in [0.25, 0.3) is 0 Å². The van der Waals surface area contributed by atoms with Gasteiger partial charge in [-0.25, -0.2) is 4.39 Å². The third-order valence-electron chi connectivity index (χ3n) is 2.35. The Bertz CT molecular complexity index is 800. The number of nitrogens with zero attached hydrogens (tertiary/aromatic N) is 1. The molecule has 2 aromatic carbocycles. The highest BCUT2D eigenvalue weighted by Crippen LogP contribution is 2.28. The second-order valence-electron chi connectivity index (χ2n) is 3.75. The zero-order valence-corrected chi connectivity index (χ0v) is 11.5. The first-order chi connectivity index (χ1) is 9.42. The number of rotatable bonds is 3. The Labute approximate surface area is 120 Å². The van der Waals surface area contributed by atoms with Crippen LogP contribution in [-0.2, 0) is 10.1 Å². The van der Waals surface area contributed by atoms with Crippen LogP contribution in [0.5, 0.6) is 5.75 Å². The van der Waals surface area contributed by atoms with Crippen molar-refractivity contribution in [1.82, 2.24) is 0 Å². The molecule has 0 amide bonds. The van der Waals surface area contributed by atoms with Crippen molar-refractivity contribution >= 4 is 21.7 Å². The Morgan fingerprint density at radius 3 is 2.60 bits per heavy atom. The molecule has 0 unspecified atom stereocenters. The van der Waals surface area contributed by atoms with Gasteiger partial charge in [0.1, 0.15) is 10.7 Å². The topological polar surface area (TPSA) is 67.2 Å². The van der Waals surface area contributed by atoms with Gasteiger partial charge < -0.3 is 4.18 Å². The summed E-state index contributed by atoms with van der Waals surface area (Å²) in [4.78, 5) is -0.183. The zero-order chi connectivity index (χ0) is 14.8. The van der Waals surface area contributed by atoms with Crippen LogP contribution < -0.4 is 4.18 Å². The fourth-order valence-corrected chi connectivity index (χ4v) is 2.68. The van der Waals surface area contributed by atoms with Crippen LogP contribution in [-0.4, -0.2) is 8.42 Å². The summed E-state index contributed by atoms with van der Waals surface area (Å²) in [6.07, 6.45) is 0. The molecule has 0 aliphatic heterocycles. The van der Waals surface area contributed by atoms with Crippen LogP contribution in [0.15, 0.2) is 47.4 Å². The third kappa shape index (κ3) is 3.07. The van der Waals surface area contributed by atoms with Crippen LogP contribution in [0, 0.1) is 17.1 Å². The van der Waals surface area contributed by atoms with Gasteiger partial charge in [0.25, 0.3) is 0 Å². The summed E-state index contributed by atoms with van der Waals surface area (Å²) in [6.45, 7) is 0. The third-order valence-corrected chi connectivity index (χ3v) is 3.87. The summed E-state index contributed by atoms with van der Waals surface area (Å²) < 4.78 is 41.8. The Hall–Kier alpha value is -2.10. The van der Waals surface area contributed by atoms with E-state index in [1.165, 1.54) is 24.3 Å². The van der Waals surface area contributed by atoms with Gasteiger partial charge >= 0.3 is 10.1 Å². The van der Waals surface area contributed by atoms with Crippen molar-refractivity contribution in [2.45, 2.75) is 4.90 Å². The van der Waals surface area contributed by atoms with E-state index < -0.39 is 15.9 Å². The summed E-state index contributed by atoms with van der Waals surface area (Å²) in [6, 6.07) is 10.3. The molecule has 7 heteroatoms. The lowest BCUT2D eigenvalue weighted by Crippen LogP contribution is -2.10. The lowest BCUT2D eigenvalue weighted by molar-refractivity contribution is 0.485. The molecule has 2 aromatic rings. The summed E-state index contributed by atoms with van der Waals surface area (Å²) in [5.74, 6) is -0.790. The second kappa shape index (κ2) is 5.49. The average Bonchev–Trinajstić information content (AvgIpc) is 2.42. The van der Waals surface area contributed by atoms with Gasteiger partial charge in [-0.2, -0.15) is 13.7 Å². The molecule has 20 heavy (non-hydrogen) atoms. The van der Waals surface area contributed by atoms with Crippen molar-refractivity contribution in [3.05, 3.63) is 58.9 Å². The fraction of sp³-hybridized carbons (Fsp3) is 0. The van der Waals surface area contributed by atoms with Gasteiger partial charge in [-0.05, 0) is 36.4 Å². The monoisotopic (exact) mass is 311 g/mol. The maximum atomic E-state index is 12.9. The molecule has 0 radical (unpaired) electrons. The molecule has 0 saturated heterocycles. The molecule has 2 rings (SSSR count). The van der Waals surface area contributed by atoms with Crippen molar-refractivity contribution in [2.24, 2.45) is 0 Å². The minimum Gasteiger partial charge on any atom is -0.377 e. The van der Waals surface area contributed by atoms with Gasteiger partial charge in [0.15, 0.2) is 5.75 Å². The van der Waals surface area contributed by atoms with E-state index in [2.05, 4.69) is 0 Å². The molecule has 0 aliphatic carbocycles. The molecule has 0 bridgehead atoms. The normalized spacial score (nSPS) is 10.8. The maximum Gasteiger partial charge on any atom is 0.339 e. The van der Waals surface area contributed by atoms with Crippen LogP contribution in [0.1, 0.15) is 5.56 Å². The first-order valence-electron chi connectivity index (χ1n) is 5.32. The van der Waals surface area contributed by atoms with Gasteiger partial charge in [0.05, 0.1) is 16.7 Å². The molecule has 0 aromatic heterocycles. The molecule has 0 spiro atoms. The molecule has 0 saturated carbocycles. The van der Waals surface area contributed by atoms with E-state index in [0.29, 0.717) is 0 Å². The Kier molecular flexibility index (Phi) is 3.93. The zero-order valence-electron chi connectivity index (χ0n) is 9.88. The lowest BCUT2D eigenvalue weighted by Gasteiger charge is -2.08. The predicted octanol–water partition coefficient (Wildman–Crippen LogP) is 3.12. The van der Waals surface area contributed by atoms with E-state index in [9.17, 15) is 12.8 Å². The summed E-state index contributed by atoms with van der Waals surface area (Å²) in [7, 11) is -4.14. The van der Waals surface area contributed by atoms with Gasteiger partial charge in [0.2, 0.25) is 0 Å². The molecule has 0 heterocycles. The quantitative estimate of drug-likeness (QED) is 0.817. The number of hydrogen-bond acceptors (Lipinski definition) is 4. The summed E-state index contributed by atoms with van der Waals surface area (Å²) in [5, 5.41) is 8.58. The largest absolute Gasteiger partial charge is 0.377 e. The number of nitriles is 1. The van der Waals surface area contributed by atoms with Gasteiger partial charge in [-0.3, -0.25) is 0 Å². The average molecular weight is 312 g/mol. The van der Waals surface area contributed by atoms with Crippen molar-refractivity contribution in [3.8, 4) is 11.8 Å². The highest BCUT2D eigenvalue weighted by atomic mass is 35.5. The number of benzene rings is 2. The van der Waals surface area contributed by atoms with Crippen LogP contribution in [0.3, 0.4) is 0 Å². The molecule has 0 atom stereocenters. The molecular weight excluding hydrogens is 305 g/mol. The standard InChI is InChI=1S/C13H7ClFNO3S/c14-12-7-10(15)4-5-13(12)19-20(17,18)11-3-1-2-9(6-11)8-16/h1-7H. The Morgan fingerprint density at radius 2 is 1.95 bits per heavy atom. The van der Waals surface area contributed by atoms with Crippen LogP contribution in [0.2, 0.25) is 5.02 Å². The first kappa shape index (κ1) is 14.3. The van der Waals surface area contributed by atoms with E-state index in [0.717, 1.165) is 18.2 Å². The second-order valence-corrected chi connectivity index (χ2v) is 5.71. The van der Waals surface area contributed by atoms with Gasteiger partial charge in [-0.1, -0.05) is 17.7 Å². The minimum atomic E-state index is -4.14. The Morgan fingerprint density at radius 1 is 1.20 bits per heavy atom. The fourth-order valence-electron chi connectivity index (χ4n) is 1.43. The first-order valence-corrected chi connectivity index (χ1v) is 7.11. The van der Waals surface area contributed by atoms with Crippen molar-refractivity contribution < 1.29 is 17.0 Å². The highest BCUT2D eigenvalue weighted by molar-refractivity contribution is 7.87. The van der Waals surface area contributed by atoms with Crippen LogP contribution in [0.4, 0.5) is 4.39 Å². The van der Waals surface area contributed by atoms with E-state index in [-0.39, 0.29) is 21.2 Å². The Balaban J connectivity index is 2.38. The minimum absolute atomic E-state index is 0.162. The molecule has 0 fully saturated rings. The lowest BCUT2D eigenvalue weighted by atomic mass is 10.2. The molecule has 102 valence electrons. The van der Waals surface area contributed by atoms with E-state index >= 15 is 0 Å².